The molecular formula is C4H2N10O2. The van der Waals surface area contributed by atoms with E-state index in [1.165, 1.54) is 0 Å². The maximum atomic E-state index is 10.3. The lowest BCUT2D eigenvalue weighted by Gasteiger charge is -1.83. The number of nitrogens with one attached hydrogen (secondary N) is 2. The molecule has 12 heteroatoms. The van der Waals surface area contributed by atoms with E-state index in [1.54, 1.807) is 0 Å². The Labute approximate surface area is 85.5 Å². The molecule has 0 aliphatic rings. The summed E-state index contributed by atoms with van der Waals surface area (Å²) in [5.41, 5.74) is 8.12. The van der Waals surface area contributed by atoms with Gasteiger partial charge in [-0.1, -0.05) is 5.10 Å². The van der Waals surface area contributed by atoms with Gasteiger partial charge in [0, 0.05) is 4.91 Å². The second-order valence-corrected chi connectivity index (χ2v) is 2.41. The molecule has 2 aromatic heterocycles. The molecular weight excluding hydrogens is 220 g/mol. The number of aromatic amines is 2. The topological polar surface area (TPSA) is 175 Å². The quantitative estimate of drug-likeness (QED) is 0.250. The Morgan fingerprint density at radius 1 is 1.31 bits per heavy atom. The highest BCUT2D eigenvalue weighted by molar-refractivity contribution is 5.44. The minimum atomic E-state index is -0.739. The van der Waals surface area contributed by atoms with Crippen molar-refractivity contribution in [3.63, 3.8) is 0 Å². The van der Waals surface area contributed by atoms with E-state index in [4.69, 9.17) is 5.53 Å². The predicted octanol–water partition coefficient (Wildman–Crippen LogP) is 0.440. The molecule has 2 aromatic rings. The molecule has 0 radical (unpaired) electrons. The molecule has 2 N–H and O–H groups in total. The maximum absolute atomic E-state index is 10.3. The molecule has 0 unspecified atom stereocenters. The van der Waals surface area contributed by atoms with E-state index in [-0.39, 0.29) is 17.6 Å². The minimum Gasteiger partial charge on any atom is -0.390 e. The van der Waals surface area contributed by atoms with Gasteiger partial charge in [0.2, 0.25) is 11.8 Å². The second kappa shape index (κ2) is 3.62. The molecule has 0 spiro atoms. The maximum Gasteiger partial charge on any atom is 0.453 e. The van der Waals surface area contributed by atoms with Crippen LogP contribution in [0.25, 0.3) is 22.1 Å². The van der Waals surface area contributed by atoms with Crippen LogP contribution in [0.15, 0.2) is 5.11 Å². The summed E-state index contributed by atoms with van der Waals surface area (Å²) >= 11 is 0. The lowest BCUT2D eigenvalue weighted by molar-refractivity contribution is -0.394. The fraction of sp³-hybridized carbons (Fsp3) is 0. The van der Waals surface area contributed by atoms with Crippen LogP contribution in [0.4, 0.5) is 11.9 Å². The second-order valence-electron chi connectivity index (χ2n) is 2.41. The predicted molar refractivity (Wildman–Crippen MR) is 47.2 cm³/mol. The van der Waals surface area contributed by atoms with Crippen molar-refractivity contribution in [3.05, 3.63) is 20.6 Å². The first-order valence-corrected chi connectivity index (χ1v) is 3.75. The van der Waals surface area contributed by atoms with Gasteiger partial charge in [-0.3, -0.25) is 5.10 Å². The van der Waals surface area contributed by atoms with Crippen LogP contribution in [-0.2, 0) is 0 Å². The van der Waals surface area contributed by atoms with Gasteiger partial charge in [0.25, 0.3) is 0 Å². The summed E-state index contributed by atoms with van der Waals surface area (Å²) in [7, 11) is 0. The number of azide groups is 1. The molecule has 0 amide bonds. The van der Waals surface area contributed by atoms with E-state index in [1.807, 2.05) is 0 Å². The molecule has 12 nitrogen and oxygen atoms in total. The molecule has 0 fully saturated rings. The van der Waals surface area contributed by atoms with Crippen LogP contribution >= 0.6 is 0 Å². The fourth-order valence-electron chi connectivity index (χ4n) is 0.875. The molecule has 0 saturated carbocycles. The van der Waals surface area contributed by atoms with E-state index < -0.39 is 10.9 Å². The van der Waals surface area contributed by atoms with Gasteiger partial charge in [0.1, 0.15) is 0 Å². The molecule has 0 aromatic carbocycles. The third-order valence-corrected chi connectivity index (χ3v) is 1.46. The van der Waals surface area contributed by atoms with Crippen LogP contribution in [-0.4, -0.2) is 35.3 Å². The Morgan fingerprint density at radius 3 is 2.62 bits per heavy atom. The monoisotopic (exact) mass is 222 g/mol. The normalized spacial score (nSPS) is 9.75. The largest absolute Gasteiger partial charge is 0.453 e. The van der Waals surface area contributed by atoms with Crippen molar-refractivity contribution in [2.24, 2.45) is 5.11 Å². The number of rotatable bonds is 3. The van der Waals surface area contributed by atoms with Gasteiger partial charge in [-0.25, -0.2) is 4.98 Å². The van der Waals surface area contributed by atoms with Crippen molar-refractivity contribution < 1.29 is 4.92 Å². The average Bonchev–Trinajstić information content (AvgIpc) is 2.84. The van der Waals surface area contributed by atoms with Crippen molar-refractivity contribution in [1.29, 1.82) is 0 Å². The Hall–Kier alpha value is -3.01. The standard InChI is InChI=1S/C4H2N10O2/c5-13-11-3-6-1(8-10-3)2-7-4(12-9-2)14(15)16/h(H,6,8,10)(H,7,9,12). The first-order chi connectivity index (χ1) is 7.70. The number of hydrogen-bond donors (Lipinski definition) is 2. The van der Waals surface area contributed by atoms with Crippen LogP contribution in [0.5, 0.6) is 0 Å². The third kappa shape index (κ3) is 1.62. The molecule has 80 valence electrons. The Morgan fingerprint density at radius 2 is 2.00 bits per heavy atom. The van der Waals surface area contributed by atoms with Gasteiger partial charge in [-0.05, 0) is 20.6 Å². The third-order valence-electron chi connectivity index (χ3n) is 1.46. The molecule has 0 saturated heterocycles. The van der Waals surface area contributed by atoms with Gasteiger partial charge in [-0.2, -0.15) is 0 Å². The van der Waals surface area contributed by atoms with E-state index in [2.05, 4.69) is 40.4 Å². The van der Waals surface area contributed by atoms with Gasteiger partial charge < -0.3 is 10.1 Å². The molecule has 0 bridgehead atoms. The Balaban J connectivity index is 2.35. The zero-order chi connectivity index (χ0) is 11.5. The van der Waals surface area contributed by atoms with E-state index in [0.717, 1.165) is 0 Å². The van der Waals surface area contributed by atoms with Crippen LogP contribution in [0.1, 0.15) is 0 Å². The van der Waals surface area contributed by atoms with Gasteiger partial charge in [-0.15, -0.1) is 10.2 Å². The van der Waals surface area contributed by atoms with Crippen LogP contribution in [0.2, 0.25) is 0 Å². The van der Waals surface area contributed by atoms with Crippen molar-refractivity contribution >= 4 is 11.9 Å². The first-order valence-electron chi connectivity index (χ1n) is 3.75. The Bertz CT molecular complexity index is 537. The summed E-state index contributed by atoms with van der Waals surface area (Å²) in [4.78, 5) is 19.2. The number of H-pyrrole nitrogens is 2. The Kier molecular flexibility index (Phi) is 2.16. The fourth-order valence-corrected chi connectivity index (χ4v) is 0.875. The summed E-state index contributed by atoms with van der Waals surface area (Å²) in [5.74, 6) is -0.677. The number of hydrogen-bond acceptors (Lipinski definition) is 7. The molecule has 0 aliphatic heterocycles. The summed E-state index contributed by atoms with van der Waals surface area (Å²) < 4.78 is 0. The zero-order valence-electron chi connectivity index (χ0n) is 7.39. The van der Waals surface area contributed by atoms with Gasteiger partial charge in [0.15, 0.2) is 0 Å². The molecule has 16 heavy (non-hydrogen) atoms. The minimum absolute atomic E-state index is 0.00764. The van der Waals surface area contributed by atoms with Crippen molar-refractivity contribution in [1.82, 2.24) is 30.4 Å². The number of nitro groups is 1. The first kappa shape index (κ1) is 9.54. The SMILES string of the molecule is [N-]=[N+]=Nc1nc(-c2n[nH]c([N+](=O)[O-])n2)n[nH]1. The lowest BCUT2D eigenvalue weighted by atomic mass is 10.6. The zero-order valence-corrected chi connectivity index (χ0v) is 7.39. The molecule has 2 heterocycles. The average molecular weight is 222 g/mol. The highest BCUT2D eigenvalue weighted by Crippen LogP contribution is 2.14. The molecule has 0 atom stereocenters. The molecule has 2 rings (SSSR count). The van der Waals surface area contributed by atoms with Crippen LogP contribution in [0, 0.1) is 10.1 Å². The summed E-state index contributed by atoms with van der Waals surface area (Å²) in [5, 5.41) is 25.0. The van der Waals surface area contributed by atoms with Gasteiger partial charge >= 0.3 is 11.8 Å². The smallest absolute Gasteiger partial charge is 0.390 e. The summed E-state index contributed by atoms with van der Waals surface area (Å²) in [6, 6.07) is 0. The van der Waals surface area contributed by atoms with Crippen molar-refractivity contribution in [2.75, 3.05) is 0 Å². The van der Waals surface area contributed by atoms with Crippen LogP contribution < -0.4 is 0 Å². The summed E-state index contributed by atoms with van der Waals surface area (Å²) in [6.45, 7) is 0. The summed E-state index contributed by atoms with van der Waals surface area (Å²) in [6.07, 6.45) is 0. The highest BCUT2D eigenvalue weighted by Gasteiger charge is 2.19. The number of nitrogens with zero attached hydrogens (tertiary/aromatic N) is 8. The number of aromatic nitrogens is 6. The van der Waals surface area contributed by atoms with Crippen molar-refractivity contribution in [3.8, 4) is 11.6 Å². The van der Waals surface area contributed by atoms with Gasteiger partial charge in [0.05, 0.1) is 0 Å². The van der Waals surface area contributed by atoms with E-state index >= 15 is 0 Å². The van der Waals surface area contributed by atoms with E-state index in [0.29, 0.717) is 0 Å². The lowest BCUT2D eigenvalue weighted by Crippen LogP contribution is -1.89. The highest BCUT2D eigenvalue weighted by atomic mass is 16.6. The molecule has 0 aliphatic carbocycles. The van der Waals surface area contributed by atoms with Crippen LogP contribution in [0.3, 0.4) is 0 Å². The van der Waals surface area contributed by atoms with E-state index in [9.17, 15) is 10.1 Å². The van der Waals surface area contributed by atoms with Crippen molar-refractivity contribution in [2.45, 2.75) is 0 Å².